The van der Waals surface area contributed by atoms with Crippen LogP contribution in [-0.4, -0.2) is 16.7 Å². The van der Waals surface area contributed by atoms with Crippen molar-refractivity contribution in [2.75, 3.05) is 7.11 Å². The first kappa shape index (κ1) is 13.9. The molecule has 0 N–H and O–H groups in total. The Morgan fingerprint density at radius 1 is 1.10 bits per heavy atom. The van der Waals surface area contributed by atoms with E-state index in [1.54, 1.807) is 7.11 Å². The Morgan fingerprint density at radius 2 is 1.86 bits per heavy atom. The van der Waals surface area contributed by atoms with E-state index in [9.17, 15) is 0 Å². The molecule has 0 bridgehead atoms. The summed E-state index contributed by atoms with van der Waals surface area (Å²) >= 11 is 3.59. The molecule has 3 nitrogen and oxygen atoms in total. The number of methoxy groups -OCH3 is 1. The lowest BCUT2D eigenvalue weighted by Crippen LogP contribution is -2.03. The molecule has 0 unspecified atom stereocenters. The number of para-hydroxylation sites is 1. The normalized spacial score (nSPS) is 10.6. The van der Waals surface area contributed by atoms with Crippen molar-refractivity contribution in [3.63, 3.8) is 0 Å². The summed E-state index contributed by atoms with van der Waals surface area (Å²) in [5.41, 5.74) is 2.21. The number of nitrogens with zero attached hydrogens (tertiary/aromatic N) is 2. The van der Waals surface area contributed by atoms with Gasteiger partial charge in [0.05, 0.1) is 13.7 Å². The number of rotatable bonds is 4. The molecular formula is C17H15BrN2O. The van der Waals surface area contributed by atoms with Crippen LogP contribution in [0.1, 0.15) is 5.56 Å². The summed E-state index contributed by atoms with van der Waals surface area (Å²) in [7, 11) is 1.70. The van der Waals surface area contributed by atoms with Gasteiger partial charge in [0.15, 0.2) is 0 Å². The quantitative estimate of drug-likeness (QED) is 0.703. The zero-order chi connectivity index (χ0) is 14.7. The second kappa shape index (κ2) is 6.14. The molecule has 0 amide bonds. The molecule has 0 aliphatic rings. The minimum atomic E-state index is 0.723. The topological polar surface area (TPSA) is 27.1 Å². The summed E-state index contributed by atoms with van der Waals surface area (Å²) in [4.78, 5) is 4.49. The maximum absolute atomic E-state index is 5.42. The van der Waals surface area contributed by atoms with Crippen molar-refractivity contribution in [3.05, 3.63) is 71.0 Å². The van der Waals surface area contributed by atoms with Crippen molar-refractivity contribution < 1.29 is 4.74 Å². The van der Waals surface area contributed by atoms with E-state index in [2.05, 4.69) is 37.6 Å². The third-order valence-electron chi connectivity index (χ3n) is 3.36. The average Bonchev–Trinajstić information content (AvgIpc) is 2.96. The van der Waals surface area contributed by atoms with Crippen molar-refractivity contribution in [1.82, 2.24) is 9.55 Å². The first-order valence-corrected chi connectivity index (χ1v) is 7.47. The molecule has 1 heterocycles. The van der Waals surface area contributed by atoms with Gasteiger partial charge in [-0.05, 0) is 12.1 Å². The second-order valence-electron chi connectivity index (χ2n) is 4.67. The first-order chi connectivity index (χ1) is 10.3. The number of aromatic nitrogens is 2. The SMILES string of the molecule is COc1ccccc1Cn1ccnc1-c1ccccc1Br. The lowest BCUT2D eigenvalue weighted by molar-refractivity contribution is 0.408. The van der Waals surface area contributed by atoms with Gasteiger partial charge >= 0.3 is 0 Å². The van der Waals surface area contributed by atoms with Crippen LogP contribution < -0.4 is 4.74 Å². The van der Waals surface area contributed by atoms with Crippen LogP contribution in [0.15, 0.2) is 65.4 Å². The monoisotopic (exact) mass is 342 g/mol. The number of ether oxygens (including phenoxy) is 1. The van der Waals surface area contributed by atoms with Gasteiger partial charge in [-0.3, -0.25) is 0 Å². The number of benzene rings is 2. The molecule has 0 atom stereocenters. The van der Waals surface area contributed by atoms with Crippen LogP contribution in [0.3, 0.4) is 0 Å². The summed E-state index contributed by atoms with van der Waals surface area (Å²) in [5, 5.41) is 0. The summed E-state index contributed by atoms with van der Waals surface area (Å²) < 4.78 is 8.58. The van der Waals surface area contributed by atoms with Gasteiger partial charge in [-0.2, -0.15) is 0 Å². The van der Waals surface area contributed by atoms with Gasteiger partial charge in [0.25, 0.3) is 0 Å². The van der Waals surface area contributed by atoms with Gasteiger partial charge in [0.2, 0.25) is 0 Å². The van der Waals surface area contributed by atoms with Crippen molar-refractivity contribution in [3.8, 4) is 17.1 Å². The number of hydrogen-bond donors (Lipinski definition) is 0. The Hall–Kier alpha value is -2.07. The third-order valence-corrected chi connectivity index (χ3v) is 4.05. The molecule has 0 aliphatic carbocycles. The minimum absolute atomic E-state index is 0.723. The molecule has 1 aromatic heterocycles. The molecule has 0 spiro atoms. The predicted octanol–water partition coefficient (Wildman–Crippen LogP) is 4.37. The zero-order valence-corrected chi connectivity index (χ0v) is 13.2. The number of halogens is 1. The van der Waals surface area contributed by atoms with E-state index >= 15 is 0 Å². The van der Waals surface area contributed by atoms with E-state index in [1.807, 2.05) is 48.8 Å². The maximum atomic E-state index is 5.42. The Bertz CT molecular complexity index is 752. The fourth-order valence-corrected chi connectivity index (χ4v) is 2.80. The van der Waals surface area contributed by atoms with Gasteiger partial charge in [0.1, 0.15) is 11.6 Å². The van der Waals surface area contributed by atoms with Crippen LogP contribution in [0, 0.1) is 0 Å². The van der Waals surface area contributed by atoms with E-state index in [-0.39, 0.29) is 0 Å². The Balaban J connectivity index is 1.99. The molecule has 106 valence electrons. The Morgan fingerprint density at radius 3 is 2.67 bits per heavy atom. The largest absolute Gasteiger partial charge is 0.496 e. The number of hydrogen-bond acceptors (Lipinski definition) is 2. The van der Waals surface area contributed by atoms with E-state index in [0.717, 1.165) is 33.7 Å². The van der Waals surface area contributed by atoms with Crippen molar-refractivity contribution >= 4 is 15.9 Å². The van der Waals surface area contributed by atoms with Crippen molar-refractivity contribution in [2.24, 2.45) is 0 Å². The predicted molar refractivity (Wildman–Crippen MR) is 87.5 cm³/mol. The number of imidazole rings is 1. The van der Waals surface area contributed by atoms with E-state index in [0.29, 0.717) is 0 Å². The molecule has 0 saturated heterocycles. The fourth-order valence-electron chi connectivity index (χ4n) is 2.34. The van der Waals surface area contributed by atoms with Crippen LogP contribution in [0.2, 0.25) is 0 Å². The maximum Gasteiger partial charge on any atom is 0.141 e. The summed E-state index contributed by atoms with van der Waals surface area (Å²) in [6.07, 6.45) is 3.81. The van der Waals surface area contributed by atoms with Gasteiger partial charge in [0, 0.05) is 28.0 Å². The van der Waals surface area contributed by atoms with E-state index in [1.165, 1.54) is 0 Å². The Labute approximate surface area is 132 Å². The van der Waals surface area contributed by atoms with Crippen molar-refractivity contribution in [1.29, 1.82) is 0 Å². The Kier molecular flexibility index (Phi) is 4.06. The lowest BCUT2D eigenvalue weighted by atomic mass is 10.2. The second-order valence-corrected chi connectivity index (χ2v) is 5.52. The molecule has 21 heavy (non-hydrogen) atoms. The molecule has 0 aliphatic heterocycles. The third kappa shape index (κ3) is 2.85. The summed E-state index contributed by atoms with van der Waals surface area (Å²) in [6, 6.07) is 16.1. The fraction of sp³-hybridized carbons (Fsp3) is 0.118. The van der Waals surface area contributed by atoms with Crippen LogP contribution >= 0.6 is 15.9 Å². The smallest absolute Gasteiger partial charge is 0.141 e. The first-order valence-electron chi connectivity index (χ1n) is 6.67. The molecule has 2 aromatic carbocycles. The molecule has 0 fully saturated rings. The summed E-state index contributed by atoms with van der Waals surface area (Å²) in [5.74, 6) is 1.83. The molecule has 3 rings (SSSR count). The highest BCUT2D eigenvalue weighted by atomic mass is 79.9. The highest BCUT2D eigenvalue weighted by Gasteiger charge is 2.11. The minimum Gasteiger partial charge on any atom is -0.496 e. The highest BCUT2D eigenvalue weighted by molar-refractivity contribution is 9.10. The molecular weight excluding hydrogens is 328 g/mol. The van der Waals surface area contributed by atoms with E-state index < -0.39 is 0 Å². The average molecular weight is 343 g/mol. The van der Waals surface area contributed by atoms with Crippen molar-refractivity contribution in [2.45, 2.75) is 6.54 Å². The standard InChI is InChI=1S/C17H15BrN2O/c1-21-16-9-5-2-6-13(16)12-20-11-10-19-17(20)14-7-3-4-8-15(14)18/h2-11H,12H2,1H3. The van der Waals surface area contributed by atoms with Gasteiger partial charge in [-0.1, -0.05) is 52.3 Å². The highest BCUT2D eigenvalue weighted by Crippen LogP contribution is 2.28. The van der Waals surface area contributed by atoms with Crippen LogP contribution in [-0.2, 0) is 6.54 Å². The van der Waals surface area contributed by atoms with Crippen LogP contribution in [0.25, 0.3) is 11.4 Å². The lowest BCUT2D eigenvalue weighted by Gasteiger charge is -2.12. The molecule has 0 saturated carbocycles. The van der Waals surface area contributed by atoms with Gasteiger partial charge in [-0.15, -0.1) is 0 Å². The molecule has 0 radical (unpaired) electrons. The molecule has 4 heteroatoms. The zero-order valence-electron chi connectivity index (χ0n) is 11.7. The van der Waals surface area contributed by atoms with Gasteiger partial charge in [-0.25, -0.2) is 4.98 Å². The molecule has 3 aromatic rings. The van der Waals surface area contributed by atoms with Crippen LogP contribution in [0.4, 0.5) is 0 Å². The van der Waals surface area contributed by atoms with Gasteiger partial charge < -0.3 is 9.30 Å². The van der Waals surface area contributed by atoms with E-state index in [4.69, 9.17) is 4.74 Å². The summed E-state index contributed by atoms with van der Waals surface area (Å²) in [6.45, 7) is 0.723. The van der Waals surface area contributed by atoms with Crippen LogP contribution in [0.5, 0.6) is 5.75 Å².